The first-order valence-electron chi connectivity index (χ1n) is 5.66. The van der Waals surface area contributed by atoms with Crippen LogP contribution in [0, 0.1) is 0 Å². The van der Waals surface area contributed by atoms with E-state index in [0.717, 1.165) is 6.26 Å². The lowest BCUT2D eigenvalue weighted by Crippen LogP contribution is -2.33. The number of hydrogen-bond acceptors (Lipinski definition) is 4. The molecule has 104 valence electrons. The van der Waals surface area contributed by atoms with E-state index in [1.807, 2.05) is 6.07 Å². The maximum Gasteiger partial charge on any atom is 0.243 e. The maximum atomic E-state index is 11.5. The van der Waals surface area contributed by atoms with Crippen molar-refractivity contribution in [3.8, 4) is 0 Å². The lowest BCUT2D eigenvalue weighted by molar-refractivity contribution is -0.123. The van der Waals surface area contributed by atoms with Gasteiger partial charge >= 0.3 is 0 Å². The van der Waals surface area contributed by atoms with Gasteiger partial charge in [0.05, 0.1) is 12.3 Å². The Labute approximate surface area is 112 Å². The third-order valence-electron chi connectivity index (χ3n) is 2.20. The van der Waals surface area contributed by atoms with Crippen LogP contribution in [0.1, 0.15) is 6.42 Å². The Bertz CT molecular complexity index is 540. The van der Waals surface area contributed by atoms with Crippen LogP contribution < -0.4 is 10.6 Å². The van der Waals surface area contributed by atoms with Crippen LogP contribution in [0.25, 0.3) is 0 Å². The summed E-state index contributed by atoms with van der Waals surface area (Å²) in [7, 11) is -3.17. The first-order valence-corrected chi connectivity index (χ1v) is 7.72. The highest BCUT2D eigenvalue weighted by molar-refractivity contribution is 7.90. The summed E-state index contributed by atoms with van der Waals surface area (Å²) in [6, 6.07) is 8.83. The van der Waals surface area contributed by atoms with Gasteiger partial charge in [-0.05, 0) is 12.1 Å². The van der Waals surface area contributed by atoms with Gasteiger partial charge < -0.3 is 10.6 Å². The number of carbonyl (C=O) groups is 2. The molecule has 0 spiro atoms. The van der Waals surface area contributed by atoms with E-state index in [1.165, 1.54) is 0 Å². The highest BCUT2D eigenvalue weighted by Gasteiger charge is 2.09. The van der Waals surface area contributed by atoms with Crippen LogP contribution in [0.15, 0.2) is 30.3 Å². The molecular weight excluding hydrogens is 268 g/mol. The van der Waals surface area contributed by atoms with Gasteiger partial charge in [0, 0.05) is 18.4 Å². The molecule has 0 aliphatic carbocycles. The number of nitrogens with one attached hydrogen (secondary N) is 2. The topological polar surface area (TPSA) is 92.3 Å². The van der Waals surface area contributed by atoms with E-state index < -0.39 is 15.7 Å². The van der Waals surface area contributed by atoms with Crippen molar-refractivity contribution < 1.29 is 18.0 Å². The van der Waals surface area contributed by atoms with Crippen LogP contribution in [0.3, 0.4) is 0 Å². The monoisotopic (exact) mass is 284 g/mol. The molecule has 0 heterocycles. The zero-order valence-corrected chi connectivity index (χ0v) is 11.4. The zero-order valence-electron chi connectivity index (χ0n) is 10.5. The summed E-state index contributed by atoms with van der Waals surface area (Å²) >= 11 is 0. The summed E-state index contributed by atoms with van der Waals surface area (Å²) in [5, 5.41) is 4.96. The van der Waals surface area contributed by atoms with E-state index in [-0.39, 0.29) is 24.6 Å². The smallest absolute Gasteiger partial charge is 0.243 e. The molecule has 1 rings (SSSR count). The Balaban J connectivity index is 2.29. The molecule has 0 aliphatic heterocycles. The highest BCUT2D eigenvalue weighted by Crippen LogP contribution is 2.03. The molecule has 0 unspecified atom stereocenters. The van der Waals surface area contributed by atoms with Crippen LogP contribution in [-0.4, -0.2) is 38.8 Å². The van der Waals surface area contributed by atoms with Gasteiger partial charge in [0.2, 0.25) is 11.8 Å². The van der Waals surface area contributed by atoms with E-state index in [9.17, 15) is 18.0 Å². The summed E-state index contributed by atoms with van der Waals surface area (Å²) < 4.78 is 21.7. The Morgan fingerprint density at radius 3 is 2.32 bits per heavy atom. The minimum Gasteiger partial charge on any atom is -0.347 e. The van der Waals surface area contributed by atoms with E-state index in [0.29, 0.717) is 5.69 Å². The molecule has 19 heavy (non-hydrogen) atoms. The van der Waals surface area contributed by atoms with Gasteiger partial charge in [0.25, 0.3) is 0 Å². The Kier molecular flexibility index (Phi) is 5.50. The van der Waals surface area contributed by atoms with Gasteiger partial charge in [0.15, 0.2) is 0 Å². The molecule has 2 amide bonds. The van der Waals surface area contributed by atoms with E-state index in [1.54, 1.807) is 24.3 Å². The maximum absolute atomic E-state index is 11.5. The van der Waals surface area contributed by atoms with Crippen molar-refractivity contribution in [1.82, 2.24) is 5.32 Å². The lowest BCUT2D eigenvalue weighted by atomic mass is 10.3. The largest absolute Gasteiger partial charge is 0.347 e. The van der Waals surface area contributed by atoms with Crippen molar-refractivity contribution in [3.05, 3.63) is 30.3 Å². The summed E-state index contributed by atoms with van der Waals surface area (Å²) in [5.41, 5.74) is 0.637. The number of rotatable bonds is 6. The summed E-state index contributed by atoms with van der Waals surface area (Å²) in [6.45, 7) is -0.183. The second kappa shape index (κ2) is 6.89. The third-order valence-corrected chi connectivity index (χ3v) is 3.15. The molecule has 2 N–H and O–H groups in total. The number of sulfone groups is 1. The van der Waals surface area contributed by atoms with E-state index >= 15 is 0 Å². The first-order chi connectivity index (χ1) is 8.87. The normalized spacial score (nSPS) is 10.8. The van der Waals surface area contributed by atoms with E-state index in [4.69, 9.17) is 0 Å². The zero-order chi connectivity index (χ0) is 14.3. The molecule has 0 radical (unpaired) electrons. The van der Waals surface area contributed by atoms with Crippen molar-refractivity contribution >= 4 is 27.3 Å². The van der Waals surface area contributed by atoms with Crippen LogP contribution in [0.4, 0.5) is 5.69 Å². The second-order valence-electron chi connectivity index (χ2n) is 4.07. The van der Waals surface area contributed by atoms with Crippen molar-refractivity contribution in [2.45, 2.75) is 6.42 Å². The minimum atomic E-state index is -3.17. The van der Waals surface area contributed by atoms with Crippen molar-refractivity contribution in [1.29, 1.82) is 0 Å². The number of para-hydroxylation sites is 1. The van der Waals surface area contributed by atoms with Crippen LogP contribution >= 0.6 is 0 Å². The third kappa shape index (κ3) is 7.20. The standard InChI is InChI=1S/C12H16N2O4S/c1-19(17,18)8-7-11(15)13-9-12(16)14-10-5-3-2-4-6-10/h2-6H,7-9H2,1H3,(H,13,15)(H,14,16). The average Bonchev–Trinajstić information content (AvgIpc) is 2.34. The Morgan fingerprint density at radius 1 is 1.11 bits per heavy atom. The van der Waals surface area contributed by atoms with E-state index in [2.05, 4.69) is 10.6 Å². The quantitative estimate of drug-likeness (QED) is 0.779. The molecule has 7 heteroatoms. The van der Waals surface area contributed by atoms with Crippen LogP contribution in [0.5, 0.6) is 0 Å². The molecule has 1 aromatic carbocycles. The van der Waals surface area contributed by atoms with Gasteiger partial charge in [0.1, 0.15) is 9.84 Å². The molecule has 0 atom stereocenters. The fourth-order valence-electron chi connectivity index (χ4n) is 1.27. The first kappa shape index (κ1) is 15.2. The molecular formula is C12H16N2O4S. The van der Waals surface area contributed by atoms with Gasteiger partial charge in [-0.1, -0.05) is 18.2 Å². The van der Waals surface area contributed by atoms with Gasteiger partial charge in [-0.2, -0.15) is 0 Å². The molecule has 0 saturated carbocycles. The highest BCUT2D eigenvalue weighted by atomic mass is 32.2. The van der Waals surface area contributed by atoms with Gasteiger partial charge in [-0.15, -0.1) is 0 Å². The molecule has 0 fully saturated rings. The Morgan fingerprint density at radius 2 is 1.74 bits per heavy atom. The van der Waals surface area contributed by atoms with Gasteiger partial charge in [-0.25, -0.2) is 8.42 Å². The molecule has 0 aromatic heterocycles. The van der Waals surface area contributed by atoms with Crippen LogP contribution in [0.2, 0.25) is 0 Å². The number of carbonyl (C=O) groups excluding carboxylic acids is 2. The number of benzene rings is 1. The SMILES string of the molecule is CS(=O)(=O)CCC(=O)NCC(=O)Nc1ccccc1. The fourth-order valence-corrected chi connectivity index (χ4v) is 1.83. The molecule has 0 saturated heterocycles. The van der Waals surface area contributed by atoms with Crippen molar-refractivity contribution in [3.63, 3.8) is 0 Å². The van der Waals surface area contributed by atoms with Crippen LogP contribution in [-0.2, 0) is 19.4 Å². The molecule has 6 nitrogen and oxygen atoms in total. The molecule has 0 aliphatic rings. The molecule has 0 bridgehead atoms. The molecule has 1 aromatic rings. The summed E-state index contributed by atoms with van der Waals surface area (Å²) in [4.78, 5) is 22.8. The second-order valence-corrected chi connectivity index (χ2v) is 6.33. The predicted molar refractivity (Wildman–Crippen MR) is 72.4 cm³/mol. The lowest BCUT2D eigenvalue weighted by Gasteiger charge is -2.06. The number of hydrogen-bond donors (Lipinski definition) is 2. The van der Waals surface area contributed by atoms with Gasteiger partial charge in [-0.3, -0.25) is 9.59 Å². The van der Waals surface area contributed by atoms with Crippen molar-refractivity contribution in [2.75, 3.05) is 23.9 Å². The Hall–Kier alpha value is -1.89. The predicted octanol–water partition coefficient (Wildman–Crippen LogP) is 0.176. The average molecular weight is 284 g/mol. The summed E-state index contributed by atoms with van der Waals surface area (Å²) in [6.07, 6.45) is 0.917. The number of amides is 2. The minimum absolute atomic E-state index is 0.141. The number of anilines is 1. The summed E-state index contributed by atoms with van der Waals surface area (Å²) in [5.74, 6) is -1.05. The fraction of sp³-hybridized carbons (Fsp3) is 0.333. The van der Waals surface area contributed by atoms with Crippen molar-refractivity contribution in [2.24, 2.45) is 0 Å².